The molecule has 1 heterocycles. The van der Waals surface area contributed by atoms with Crippen LogP contribution < -0.4 is 0 Å². The smallest absolute Gasteiger partial charge is 0.207 e. The van der Waals surface area contributed by atoms with Gasteiger partial charge in [-0.3, -0.25) is 5.01 Å². The van der Waals surface area contributed by atoms with Crippen LogP contribution in [0.25, 0.3) is 0 Å². The molecule has 1 rings (SSSR count). The van der Waals surface area contributed by atoms with E-state index < -0.39 is 0 Å². The Morgan fingerprint density at radius 1 is 1.67 bits per heavy atom. The standard InChI is InChI=1S/C8H14N4/c1-3-4-5-12-7-10-11(2)8(12)6-9/h7-8H,3-5H2,1-2H3. The summed E-state index contributed by atoms with van der Waals surface area (Å²) in [6.45, 7) is 3.06. The van der Waals surface area contributed by atoms with Crippen molar-refractivity contribution >= 4 is 6.34 Å². The fourth-order valence-electron chi connectivity index (χ4n) is 1.17. The lowest BCUT2D eigenvalue weighted by Gasteiger charge is -2.21. The average molecular weight is 166 g/mol. The van der Waals surface area contributed by atoms with E-state index in [1.54, 1.807) is 11.3 Å². The molecule has 0 aliphatic carbocycles. The lowest BCUT2D eigenvalue weighted by Crippen LogP contribution is -2.37. The Labute approximate surface area is 73.1 Å². The summed E-state index contributed by atoms with van der Waals surface area (Å²) >= 11 is 0. The zero-order valence-electron chi connectivity index (χ0n) is 7.56. The molecule has 4 nitrogen and oxygen atoms in total. The van der Waals surface area contributed by atoms with E-state index in [2.05, 4.69) is 18.1 Å². The monoisotopic (exact) mass is 166 g/mol. The summed E-state index contributed by atoms with van der Waals surface area (Å²) in [4.78, 5) is 1.96. The van der Waals surface area contributed by atoms with E-state index in [1.165, 1.54) is 0 Å². The highest BCUT2D eigenvalue weighted by Crippen LogP contribution is 2.09. The lowest BCUT2D eigenvalue weighted by molar-refractivity contribution is 0.211. The van der Waals surface area contributed by atoms with Crippen LogP contribution in [0, 0.1) is 11.3 Å². The highest BCUT2D eigenvalue weighted by Gasteiger charge is 2.23. The maximum Gasteiger partial charge on any atom is 0.207 e. The third-order valence-electron chi connectivity index (χ3n) is 1.94. The molecule has 1 aliphatic rings. The van der Waals surface area contributed by atoms with Gasteiger partial charge in [0.1, 0.15) is 12.4 Å². The molecular weight excluding hydrogens is 152 g/mol. The second kappa shape index (κ2) is 3.96. The maximum atomic E-state index is 8.79. The number of hydrazone groups is 1. The van der Waals surface area contributed by atoms with Crippen LogP contribution in [0.1, 0.15) is 19.8 Å². The molecular formula is C8H14N4. The van der Waals surface area contributed by atoms with Crippen LogP contribution in [-0.4, -0.2) is 36.0 Å². The molecule has 4 heteroatoms. The van der Waals surface area contributed by atoms with E-state index in [9.17, 15) is 0 Å². The molecule has 1 unspecified atom stereocenters. The zero-order chi connectivity index (χ0) is 8.97. The number of nitriles is 1. The summed E-state index contributed by atoms with van der Waals surface area (Å²) in [5, 5.41) is 14.5. The Morgan fingerprint density at radius 3 is 3.00 bits per heavy atom. The van der Waals surface area contributed by atoms with Gasteiger partial charge >= 0.3 is 0 Å². The first-order chi connectivity index (χ1) is 5.79. The van der Waals surface area contributed by atoms with Crippen molar-refractivity contribution in [1.29, 1.82) is 5.26 Å². The minimum atomic E-state index is -0.198. The van der Waals surface area contributed by atoms with Gasteiger partial charge in [0.25, 0.3) is 0 Å². The van der Waals surface area contributed by atoms with Gasteiger partial charge < -0.3 is 4.90 Å². The van der Waals surface area contributed by atoms with E-state index in [0.717, 1.165) is 19.4 Å². The quantitative estimate of drug-likeness (QED) is 0.623. The van der Waals surface area contributed by atoms with Crippen molar-refractivity contribution in [1.82, 2.24) is 9.91 Å². The normalized spacial score (nSPS) is 21.6. The second-order valence-electron chi connectivity index (χ2n) is 2.90. The Balaban J connectivity index is 2.45. The summed E-state index contributed by atoms with van der Waals surface area (Å²) < 4.78 is 0. The van der Waals surface area contributed by atoms with Gasteiger partial charge in [0.05, 0.1) is 0 Å². The van der Waals surface area contributed by atoms with Gasteiger partial charge in [0.2, 0.25) is 6.17 Å². The SMILES string of the molecule is CCCCN1C=NN(C)C1C#N. The molecule has 0 fully saturated rings. The molecule has 0 N–H and O–H groups in total. The first kappa shape index (κ1) is 8.85. The topological polar surface area (TPSA) is 42.6 Å². The molecule has 1 aliphatic heterocycles. The van der Waals surface area contributed by atoms with E-state index in [0.29, 0.717) is 0 Å². The Hall–Kier alpha value is -1.24. The summed E-state index contributed by atoms with van der Waals surface area (Å²) in [7, 11) is 1.82. The van der Waals surface area contributed by atoms with Crippen LogP contribution in [0.3, 0.4) is 0 Å². The number of nitrogens with zero attached hydrogens (tertiary/aromatic N) is 4. The predicted molar refractivity (Wildman–Crippen MR) is 47.3 cm³/mol. The molecule has 0 bridgehead atoms. The first-order valence-corrected chi connectivity index (χ1v) is 4.22. The number of hydrogen-bond donors (Lipinski definition) is 0. The largest absolute Gasteiger partial charge is 0.328 e. The Kier molecular flexibility index (Phi) is 2.92. The van der Waals surface area contributed by atoms with Crippen LogP contribution in [0.2, 0.25) is 0 Å². The van der Waals surface area contributed by atoms with Crippen LogP contribution in [0.4, 0.5) is 0 Å². The second-order valence-corrected chi connectivity index (χ2v) is 2.90. The fourth-order valence-corrected chi connectivity index (χ4v) is 1.17. The van der Waals surface area contributed by atoms with Crippen molar-refractivity contribution in [2.24, 2.45) is 5.10 Å². The van der Waals surface area contributed by atoms with Crippen molar-refractivity contribution in [3.8, 4) is 6.07 Å². The van der Waals surface area contributed by atoms with Crippen molar-refractivity contribution in [2.75, 3.05) is 13.6 Å². The summed E-state index contributed by atoms with van der Waals surface area (Å²) in [5.74, 6) is 0. The van der Waals surface area contributed by atoms with E-state index in [-0.39, 0.29) is 6.17 Å². The minimum absolute atomic E-state index is 0.198. The molecule has 0 spiro atoms. The maximum absolute atomic E-state index is 8.79. The summed E-state index contributed by atoms with van der Waals surface area (Å²) in [5.41, 5.74) is 0. The number of unbranched alkanes of at least 4 members (excludes halogenated alkanes) is 1. The summed E-state index contributed by atoms with van der Waals surface area (Å²) in [6, 6.07) is 2.20. The highest BCUT2D eigenvalue weighted by molar-refractivity contribution is 5.57. The predicted octanol–water partition coefficient (Wildman–Crippen LogP) is 0.827. The van der Waals surface area contributed by atoms with Crippen molar-refractivity contribution in [3.05, 3.63) is 0 Å². The molecule has 0 radical (unpaired) electrons. The third-order valence-corrected chi connectivity index (χ3v) is 1.94. The fraction of sp³-hybridized carbons (Fsp3) is 0.750. The van der Waals surface area contributed by atoms with Gasteiger partial charge in [0, 0.05) is 13.6 Å². The van der Waals surface area contributed by atoms with Gasteiger partial charge in [-0.1, -0.05) is 13.3 Å². The molecule has 1 atom stereocenters. The van der Waals surface area contributed by atoms with Crippen molar-refractivity contribution < 1.29 is 0 Å². The molecule has 12 heavy (non-hydrogen) atoms. The van der Waals surface area contributed by atoms with Gasteiger partial charge in [-0.05, 0) is 6.42 Å². The average Bonchev–Trinajstić information content (AvgIpc) is 2.43. The van der Waals surface area contributed by atoms with E-state index in [1.807, 2.05) is 11.9 Å². The van der Waals surface area contributed by atoms with E-state index in [4.69, 9.17) is 5.26 Å². The van der Waals surface area contributed by atoms with Crippen LogP contribution in [-0.2, 0) is 0 Å². The number of rotatable bonds is 3. The van der Waals surface area contributed by atoms with Crippen LogP contribution >= 0.6 is 0 Å². The molecule has 0 aromatic heterocycles. The molecule has 0 aromatic rings. The van der Waals surface area contributed by atoms with Gasteiger partial charge in [-0.15, -0.1) is 0 Å². The third kappa shape index (κ3) is 1.67. The highest BCUT2D eigenvalue weighted by atomic mass is 15.6. The van der Waals surface area contributed by atoms with Gasteiger partial charge in [0.15, 0.2) is 0 Å². The Morgan fingerprint density at radius 2 is 2.42 bits per heavy atom. The molecule has 0 amide bonds. The molecule has 0 aromatic carbocycles. The molecule has 66 valence electrons. The van der Waals surface area contributed by atoms with Crippen LogP contribution in [0.5, 0.6) is 0 Å². The van der Waals surface area contributed by atoms with Crippen LogP contribution in [0.15, 0.2) is 5.10 Å². The first-order valence-electron chi connectivity index (χ1n) is 4.22. The summed E-state index contributed by atoms with van der Waals surface area (Å²) in [6.07, 6.45) is 3.80. The van der Waals surface area contributed by atoms with Crippen molar-refractivity contribution in [2.45, 2.75) is 25.9 Å². The van der Waals surface area contributed by atoms with Crippen molar-refractivity contribution in [3.63, 3.8) is 0 Å². The van der Waals surface area contributed by atoms with E-state index >= 15 is 0 Å². The minimum Gasteiger partial charge on any atom is -0.328 e. The zero-order valence-corrected chi connectivity index (χ0v) is 7.56. The molecule has 0 saturated heterocycles. The Bertz CT molecular complexity index is 206. The number of hydrogen-bond acceptors (Lipinski definition) is 4. The lowest BCUT2D eigenvalue weighted by atomic mass is 10.3. The van der Waals surface area contributed by atoms with Gasteiger partial charge in [-0.25, -0.2) is 0 Å². The molecule has 0 saturated carbocycles. The van der Waals surface area contributed by atoms with Gasteiger partial charge in [-0.2, -0.15) is 10.4 Å².